The van der Waals surface area contributed by atoms with Crippen LogP contribution in [0.4, 0.5) is 10.1 Å². The zero-order valence-corrected chi connectivity index (χ0v) is 18.5. The maximum absolute atomic E-state index is 13.9. The predicted octanol–water partition coefficient (Wildman–Crippen LogP) is 5.56. The highest BCUT2D eigenvalue weighted by molar-refractivity contribution is 8.04. The van der Waals surface area contributed by atoms with E-state index in [1.165, 1.54) is 42.5 Å². The number of unbranched alkanes of at least 4 members (excludes halogenated alkanes) is 1. The Balaban J connectivity index is 1.59. The van der Waals surface area contributed by atoms with Crippen LogP contribution in [0.3, 0.4) is 0 Å². The number of nitrogens with one attached hydrogen (secondary N) is 2. The van der Waals surface area contributed by atoms with Crippen LogP contribution in [0.15, 0.2) is 52.3 Å². The molecule has 0 radical (unpaired) electrons. The number of amides is 2. The summed E-state index contributed by atoms with van der Waals surface area (Å²) >= 11 is 3.18. The molecule has 4 nitrogen and oxygen atoms in total. The number of carbonyl (C=O) groups excluding carboxylic acids is 2. The third kappa shape index (κ3) is 6.12. The SMILES string of the molecule is CCCCSCCCNC(=O)c1ccc2c(c1)NC(=O)C(=Cc1ccccc1F)S2. The molecule has 0 spiro atoms. The molecule has 2 N–H and O–H groups in total. The Bertz CT molecular complexity index is 947. The topological polar surface area (TPSA) is 58.2 Å². The van der Waals surface area contributed by atoms with Gasteiger partial charge in [0.15, 0.2) is 0 Å². The monoisotopic (exact) mass is 444 g/mol. The van der Waals surface area contributed by atoms with Crippen molar-refractivity contribution in [3.05, 3.63) is 64.3 Å². The summed E-state index contributed by atoms with van der Waals surface area (Å²) in [6.07, 6.45) is 4.91. The lowest BCUT2D eigenvalue weighted by Gasteiger charge is -2.19. The summed E-state index contributed by atoms with van der Waals surface area (Å²) in [5.41, 5.74) is 1.47. The molecule has 3 rings (SSSR count). The summed E-state index contributed by atoms with van der Waals surface area (Å²) in [7, 11) is 0. The number of rotatable bonds is 9. The number of fused-ring (bicyclic) bond motifs is 1. The minimum atomic E-state index is -0.375. The highest BCUT2D eigenvalue weighted by atomic mass is 32.2. The second kappa shape index (κ2) is 11.2. The van der Waals surface area contributed by atoms with Gasteiger partial charge >= 0.3 is 0 Å². The quantitative estimate of drug-likeness (QED) is 0.392. The molecular weight excluding hydrogens is 419 g/mol. The second-order valence-electron chi connectivity index (χ2n) is 6.87. The van der Waals surface area contributed by atoms with Crippen LogP contribution in [0.2, 0.25) is 0 Å². The van der Waals surface area contributed by atoms with E-state index in [1.807, 2.05) is 17.8 Å². The molecule has 2 aromatic rings. The number of carbonyl (C=O) groups is 2. The minimum Gasteiger partial charge on any atom is -0.352 e. The number of halogens is 1. The van der Waals surface area contributed by atoms with Gasteiger partial charge in [-0.3, -0.25) is 9.59 Å². The Kier molecular flexibility index (Phi) is 8.39. The van der Waals surface area contributed by atoms with Crippen LogP contribution in [0.25, 0.3) is 6.08 Å². The Hall–Kier alpha value is -2.25. The second-order valence-corrected chi connectivity index (χ2v) is 9.18. The van der Waals surface area contributed by atoms with Crippen molar-refractivity contribution in [1.29, 1.82) is 0 Å². The van der Waals surface area contributed by atoms with Crippen molar-refractivity contribution < 1.29 is 14.0 Å². The molecule has 158 valence electrons. The van der Waals surface area contributed by atoms with Gasteiger partial charge in [0.05, 0.1) is 10.6 Å². The van der Waals surface area contributed by atoms with Gasteiger partial charge < -0.3 is 10.6 Å². The highest BCUT2D eigenvalue weighted by Gasteiger charge is 2.22. The van der Waals surface area contributed by atoms with Crippen LogP contribution in [-0.4, -0.2) is 29.9 Å². The maximum atomic E-state index is 13.9. The van der Waals surface area contributed by atoms with Gasteiger partial charge in [0.25, 0.3) is 11.8 Å². The summed E-state index contributed by atoms with van der Waals surface area (Å²) in [6, 6.07) is 11.6. The van der Waals surface area contributed by atoms with Crippen molar-refractivity contribution in [1.82, 2.24) is 5.32 Å². The van der Waals surface area contributed by atoms with Crippen LogP contribution in [-0.2, 0) is 4.79 Å². The van der Waals surface area contributed by atoms with Crippen molar-refractivity contribution in [3.8, 4) is 0 Å². The summed E-state index contributed by atoms with van der Waals surface area (Å²) in [5, 5.41) is 5.74. The molecule has 7 heteroatoms. The smallest absolute Gasteiger partial charge is 0.262 e. The maximum Gasteiger partial charge on any atom is 0.262 e. The Morgan fingerprint density at radius 1 is 1.20 bits per heavy atom. The van der Waals surface area contributed by atoms with Crippen molar-refractivity contribution in [2.45, 2.75) is 31.1 Å². The van der Waals surface area contributed by atoms with Gasteiger partial charge in [-0.05, 0) is 54.7 Å². The van der Waals surface area contributed by atoms with Gasteiger partial charge in [-0.2, -0.15) is 11.8 Å². The van der Waals surface area contributed by atoms with E-state index in [-0.39, 0.29) is 17.6 Å². The first-order chi connectivity index (χ1) is 14.6. The summed E-state index contributed by atoms with van der Waals surface area (Å²) < 4.78 is 13.9. The molecular formula is C23H25FN2O2S2. The molecule has 1 aliphatic rings. The number of hydrogen-bond donors (Lipinski definition) is 2. The lowest BCUT2D eigenvalue weighted by molar-refractivity contribution is -0.112. The van der Waals surface area contributed by atoms with Crippen LogP contribution in [0.5, 0.6) is 0 Å². The predicted molar refractivity (Wildman–Crippen MR) is 124 cm³/mol. The van der Waals surface area contributed by atoms with Gasteiger partial charge in [-0.15, -0.1) is 0 Å². The van der Waals surface area contributed by atoms with Crippen LogP contribution in [0.1, 0.15) is 42.1 Å². The number of hydrogen-bond acceptors (Lipinski definition) is 4. The molecule has 0 atom stereocenters. The van der Waals surface area contributed by atoms with E-state index in [1.54, 1.807) is 30.3 Å². The first-order valence-corrected chi connectivity index (χ1v) is 12.0. The van der Waals surface area contributed by atoms with E-state index in [0.717, 1.165) is 17.1 Å². The van der Waals surface area contributed by atoms with E-state index in [4.69, 9.17) is 0 Å². The van der Waals surface area contributed by atoms with Crippen LogP contribution < -0.4 is 10.6 Å². The van der Waals surface area contributed by atoms with Crippen LogP contribution in [0, 0.1) is 5.82 Å². The molecule has 0 saturated heterocycles. The normalized spacial score (nSPS) is 14.3. The summed E-state index contributed by atoms with van der Waals surface area (Å²) in [5.74, 6) is 1.37. The number of benzene rings is 2. The van der Waals surface area contributed by atoms with Gasteiger partial charge in [-0.1, -0.05) is 43.3 Å². The van der Waals surface area contributed by atoms with Crippen molar-refractivity contribution in [2.24, 2.45) is 0 Å². The fourth-order valence-corrected chi connectivity index (χ4v) is 4.83. The van der Waals surface area contributed by atoms with E-state index in [0.29, 0.717) is 28.3 Å². The molecule has 0 bridgehead atoms. The van der Waals surface area contributed by atoms with Crippen molar-refractivity contribution in [3.63, 3.8) is 0 Å². The Morgan fingerprint density at radius 2 is 2.00 bits per heavy atom. The highest BCUT2D eigenvalue weighted by Crippen LogP contribution is 2.39. The number of thioether (sulfide) groups is 2. The molecule has 1 heterocycles. The Labute approximate surface area is 185 Å². The molecule has 0 unspecified atom stereocenters. The summed E-state index contributed by atoms with van der Waals surface area (Å²) in [6.45, 7) is 2.81. The average molecular weight is 445 g/mol. The lowest BCUT2D eigenvalue weighted by Crippen LogP contribution is -2.25. The molecule has 2 amide bonds. The average Bonchev–Trinajstić information content (AvgIpc) is 2.74. The van der Waals surface area contributed by atoms with Crippen molar-refractivity contribution >= 4 is 47.1 Å². The lowest BCUT2D eigenvalue weighted by atomic mass is 10.1. The zero-order valence-electron chi connectivity index (χ0n) is 16.9. The third-order valence-corrected chi connectivity index (χ3v) is 6.77. The largest absolute Gasteiger partial charge is 0.352 e. The molecule has 0 aromatic heterocycles. The van der Waals surface area contributed by atoms with E-state index < -0.39 is 0 Å². The zero-order chi connectivity index (χ0) is 21.3. The van der Waals surface area contributed by atoms with E-state index in [9.17, 15) is 14.0 Å². The number of anilines is 1. The molecule has 0 fully saturated rings. The molecule has 0 aliphatic carbocycles. The minimum absolute atomic E-state index is 0.150. The fourth-order valence-electron chi connectivity index (χ4n) is 2.86. The molecule has 1 aliphatic heterocycles. The van der Waals surface area contributed by atoms with Gasteiger partial charge in [0.2, 0.25) is 0 Å². The molecule has 2 aromatic carbocycles. The third-order valence-electron chi connectivity index (χ3n) is 4.52. The standard InChI is InChI=1S/C23H25FN2O2S2/c1-2-3-12-29-13-6-11-25-22(27)17-9-10-20-19(14-17)26-23(28)21(30-20)15-16-7-4-5-8-18(16)24/h4-5,7-10,14-15H,2-3,6,11-13H2,1H3,(H,25,27)(H,26,28). The van der Waals surface area contributed by atoms with Gasteiger partial charge in [0, 0.05) is 22.6 Å². The first-order valence-electron chi connectivity index (χ1n) is 10.0. The van der Waals surface area contributed by atoms with Crippen LogP contribution >= 0.6 is 23.5 Å². The van der Waals surface area contributed by atoms with Crippen molar-refractivity contribution in [2.75, 3.05) is 23.4 Å². The van der Waals surface area contributed by atoms with Gasteiger partial charge in [-0.25, -0.2) is 4.39 Å². The first kappa shape index (κ1) is 22.4. The van der Waals surface area contributed by atoms with E-state index in [2.05, 4.69) is 17.6 Å². The molecule has 30 heavy (non-hydrogen) atoms. The Morgan fingerprint density at radius 3 is 2.80 bits per heavy atom. The molecule has 0 saturated carbocycles. The fraction of sp³-hybridized carbons (Fsp3) is 0.304. The summed E-state index contributed by atoms with van der Waals surface area (Å²) in [4.78, 5) is 26.1. The van der Waals surface area contributed by atoms with E-state index >= 15 is 0 Å². The van der Waals surface area contributed by atoms with Gasteiger partial charge in [0.1, 0.15) is 5.82 Å².